The monoisotopic (exact) mass is 283 g/mol. The standard InChI is InChI=1S/C10H10ClF4N3/c11-8-7(9(12)13)16-5-6(17-8)18-3-1-10(14,15)2-4-18/h5,9H,1-4H2. The molecule has 100 valence electrons. The maximum atomic E-state index is 13.0. The Bertz CT molecular complexity index is 431. The fourth-order valence-corrected chi connectivity index (χ4v) is 1.95. The molecule has 1 aliphatic heterocycles. The van der Waals surface area contributed by atoms with Crippen molar-refractivity contribution in [3.05, 3.63) is 17.0 Å². The van der Waals surface area contributed by atoms with E-state index in [1.165, 1.54) is 0 Å². The Morgan fingerprint density at radius 2 is 1.89 bits per heavy atom. The van der Waals surface area contributed by atoms with Crippen LogP contribution < -0.4 is 4.90 Å². The first-order valence-electron chi connectivity index (χ1n) is 5.32. The van der Waals surface area contributed by atoms with Gasteiger partial charge in [0.25, 0.3) is 12.3 Å². The van der Waals surface area contributed by atoms with Crippen molar-refractivity contribution in [1.82, 2.24) is 9.97 Å². The van der Waals surface area contributed by atoms with Crippen LogP contribution in [0.4, 0.5) is 23.4 Å². The van der Waals surface area contributed by atoms with Gasteiger partial charge in [0.2, 0.25) is 0 Å². The summed E-state index contributed by atoms with van der Waals surface area (Å²) < 4.78 is 50.7. The van der Waals surface area contributed by atoms with Gasteiger partial charge in [-0.2, -0.15) is 0 Å². The van der Waals surface area contributed by atoms with E-state index < -0.39 is 18.0 Å². The summed E-state index contributed by atoms with van der Waals surface area (Å²) in [6, 6.07) is 0. The molecule has 0 spiro atoms. The number of halogens is 5. The van der Waals surface area contributed by atoms with Crippen LogP contribution >= 0.6 is 11.6 Å². The summed E-state index contributed by atoms with van der Waals surface area (Å²) in [6.45, 7) is 0.206. The molecule has 1 aromatic rings. The Kier molecular flexibility index (Phi) is 3.61. The van der Waals surface area contributed by atoms with E-state index in [1.807, 2.05) is 0 Å². The third kappa shape index (κ3) is 2.82. The van der Waals surface area contributed by atoms with Crippen molar-refractivity contribution in [2.75, 3.05) is 18.0 Å². The van der Waals surface area contributed by atoms with Crippen molar-refractivity contribution in [3.63, 3.8) is 0 Å². The maximum absolute atomic E-state index is 13.0. The van der Waals surface area contributed by atoms with Gasteiger partial charge in [0, 0.05) is 25.9 Å². The third-order valence-electron chi connectivity index (χ3n) is 2.77. The molecule has 0 bridgehead atoms. The van der Waals surface area contributed by atoms with Gasteiger partial charge < -0.3 is 4.90 Å². The van der Waals surface area contributed by atoms with E-state index in [0.717, 1.165) is 6.20 Å². The fourth-order valence-electron chi connectivity index (χ4n) is 1.73. The average Bonchev–Trinajstić information content (AvgIpc) is 2.28. The first-order valence-corrected chi connectivity index (χ1v) is 5.70. The predicted molar refractivity (Wildman–Crippen MR) is 58.4 cm³/mol. The Balaban J connectivity index is 2.13. The highest BCUT2D eigenvalue weighted by Gasteiger charge is 2.34. The summed E-state index contributed by atoms with van der Waals surface area (Å²) >= 11 is 5.57. The van der Waals surface area contributed by atoms with Crippen LogP contribution in [0.3, 0.4) is 0 Å². The SMILES string of the molecule is FC(F)c1ncc(N2CCC(F)(F)CC2)nc1Cl. The second-order valence-electron chi connectivity index (χ2n) is 4.05. The van der Waals surface area contributed by atoms with Crippen molar-refractivity contribution in [2.24, 2.45) is 0 Å². The lowest BCUT2D eigenvalue weighted by molar-refractivity contribution is -0.0221. The lowest BCUT2D eigenvalue weighted by atomic mass is 10.1. The van der Waals surface area contributed by atoms with Crippen molar-refractivity contribution in [2.45, 2.75) is 25.2 Å². The molecule has 0 aromatic carbocycles. The molecule has 0 unspecified atom stereocenters. The van der Waals surface area contributed by atoms with Crippen molar-refractivity contribution in [1.29, 1.82) is 0 Å². The Hall–Kier alpha value is -1.11. The summed E-state index contributed by atoms with van der Waals surface area (Å²) in [5, 5.41) is -0.389. The highest BCUT2D eigenvalue weighted by molar-refractivity contribution is 6.30. The molecule has 1 saturated heterocycles. The van der Waals surface area contributed by atoms with Crippen LogP contribution in [-0.4, -0.2) is 29.0 Å². The zero-order valence-corrected chi connectivity index (χ0v) is 9.97. The van der Waals surface area contributed by atoms with Crippen LogP contribution in [0.2, 0.25) is 5.15 Å². The number of hydrogen-bond donors (Lipinski definition) is 0. The van der Waals surface area contributed by atoms with Crippen molar-refractivity contribution < 1.29 is 17.6 Å². The quantitative estimate of drug-likeness (QED) is 0.780. The third-order valence-corrected chi connectivity index (χ3v) is 3.05. The lowest BCUT2D eigenvalue weighted by Gasteiger charge is -2.32. The predicted octanol–water partition coefficient (Wildman–Crippen LogP) is 3.30. The van der Waals surface area contributed by atoms with Crippen LogP contribution in [0.1, 0.15) is 25.0 Å². The molecule has 0 aliphatic carbocycles. The smallest absolute Gasteiger partial charge is 0.283 e. The number of piperidine rings is 1. The Morgan fingerprint density at radius 3 is 2.39 bits per heavy atom. The van der Waals surface area contributed by atoms with Gasteiger partial charge >= 0.3 is 0 Å². The van der Waals surface area contributed by atoms with Gasteiger partial charge in [-0.25, -0.2) is 27.5 Å². The molecule has 0 amide bonds. The molecule has 2 heterocycles. The first-order chi connectivity index (χ1) is 8.39. The molecule has 1 aliphatic rings. The van der Waals surface area contributed by atoms with Crippen LogP contribution in [0.5, 0.6) is 0 Å². The topological polar surface area (TPSA) is 29.0 Å². The Labute approximate surface area is 106 Å². The second-order valence-corrected chi connectivity index (χ2v) is 4.41. The van der Waals surface area contributed by atoms with Crippen LogP contribution in [0, 0.1) is 0 Å². The molecule has 18 heavy (non-hydrogen) atoms. The van der Waals surface area contributed by atoms with Gasteiger partial charge in [0.05, 0.1) is 6.20 Å². The summed E-state index contributed by atoms with van der Waals surface area (Å²) in [5.74, 6) is -2.42. The highest BCUT2D eigenvalue weighted by Crippen LogP contribution is 2.31. The van der Waals surface area contributed by atoms with Crippen molar-refractivity contribution >= 4 is 17.4 Å². The van der Waals surface area contributed by atoms with Gasteiger partial charge in [-0.15, -0.1) is 0 Å². The maximum Gasteiger partial charge on any atom is 0.283 e. The molecule has 0 saturated carbocycles. The van der Waals surface area contributed by atoms with E-state index in [-0.39, 0.29) is 36.9 Å². The minimum atomic E-state index is -2.80. The summed E-state index contributed by atoms with van der Waals surface area (Å²) in [5.41, 5.74) is -0.595. The van der Waals surface area contributed by atoms with E-state index in [2.05, 4.69) is 9.97 Å². The van der Waals surface area contributed by atoms with Gasteiger partial charge in [-0.1, -0.05) is 11.6 Å². The average molecular weight is 284 g/mol. The van der Waals surface area contributed by atoms with E-state index in [0.29, 0.717) is 0 Å². The van der Waals surface area contributed by atoms with Crippen molar-refractivity contribution in [3.8, 4) is 0 Å². The minimum Gasteiger partial charge on any atom is -0.355 e. The lowest BCUT2D eigenvalue weighted by Crippen LogP contribution is -2.39. The number of aromatic nitrogens is 2. The van der Waals surface area contributed by atoms with Crippen LogP contribution in [0.25, 0.3) is 0 Å². The van der Waals surface area contributed by atoms with E-state index in [9.17, 15) is 17.6 Å². The highest BCUT2D eigenvalue weighted by atomic mass is 35.5. The number of alkyl halides is 4. The summed E-state index contributed by atoms with van der Waals surface area (Å²) in [7, 11) is 0. The first kappa shape index (κ1) is 13.3. The fraction of sp³-hybridized carbons (Fsp3) is 0.600. The van der Waals surface area contributed by atoms with E-state index in [4.69, 9.17) is 11.6 Å². The largest absolute Gasteiger partial charge is 0.355 e. The van der Waals surface area contributed by atoms with Gasteiger partial charge in [-0.3, -0.25) is 0 Å². The zero-order valence-electron chi connectivity index (χ0n) is 9.21. The molecule has 1 fully saturated rings. The van der Waals surface area contributed by atoms with Crippen LogP contribution in [-0.2, 0) is 0 Å². The molecule has 0 radical (unpaired) electrons. The van der Waals surface area contributed by atoms with Gasteiger partial charge in [0.15, 0.2) is 5.15 Å². The Morgan fingerprint density at radius 1 is 1.28 bits per heavy atom. The molecule has 8 heteroatoms. The molecule has 3 nitrogen and oxygen atoms in total. The molecular weight excluding hydrogens is 274 g/mol. The van der Waals surface area contributed by atoms with Gasteiger partial charge in [-0.05, 0) is 0 Å². The van der Waals surface area contributed by atoms with Gasteiger partial charge in [0.1, 0.15) is 11.5 Å². The second kappa shape index (κ2) is 4.87. The summed E-state index contributed by atoms with van der Waals surface area (Å²) in [4.78, 5) is 8.85. The molecule has 0 N–H and O–H groups in total. The number of rotatable bonds is 2. The van der Waals surface area contributed by atoms with E-state index >= 15 is 0 Å². The summed E-state index contributed by atoms with van der Waals surface area (Å²) in [6.07, 6.45) is -2.24. The molecule has 1 aromatic heterocycles. The zero-order chi connectivity index (χ0) is 13.3. The molecule has 0 atom stereocenters. The minimum absolute atomic E-state index is 0.103. The number of nitrogens with zero attached hydrogens (tertiary/aromatic N) is 3. The number of anilines is 1. The normalized spacial score (nSPS) is 19.3. The molecular formula is C10H10ClF4N3. The molecule has 2 rings (SSSR count). The number of hydrogen-bond acceptors (Lipinski definition) is 3. The van der Waals surface area contributed by atoms with E-state index in [1.54, 1.807) is 4.90 Å². The van der Waals surface area contributed by atoms with Crippen LogP contribution in [0.15, 0.2) is 6.20 Å².